The minimum atomic E-state index is -0.463. The van der Waals surface area contributed by atoms with Crippen molar-refractivity contribution >= 4 is 11.7 Å². The molecule has 0 bridgehead atoms. The summed E-state index contributed by atoms with van der Waals surface area (Å²) in [4.78, 5) is 18.2. The predicted octanol–water partition coefficient (Wildman–Crippen LogP) is 3.81. The zero-order chi connectivity index (χ0) is 21.5. The number of likely N-dealkylation sites (N-methyl/N-ethyl adjacent to an activating group) is 1. The number of hydrogen-bond acceptors (Lipinski definition) is 6. The number of hydrogen-bond donors (Lipinski definition) is 1. The molecule has 0 aliphatic heterocycles. The van der Waals surface area contributed by atoms with Crippen LogP contribution in [0, 0.1) is 12.7 Å². The van der Waals surface area contributed by atoms with E-state index in [2.05, 4.69) is 15.5 Å². The van der Waals surface area contributed by atoms with E-state index < -0.39 is 5.82 Å². The molecule has 0 spiro atoms. The third-order valence-corrected chi connectivity index (χ3v) is 4.31. The molecular weight excluding hydrogens is 391 g/mol. The van der Waals surface area contributed by atoms with Gasteiger partial charge in [-0.15, -0.1) is 0 Å². The third-order valence-electron chi connectivity index (χ3n) is 4.31. The molecule has 2 aromatic carbocycles. The number of nitrogens with one attached hydrogen (secondary N) is 1. The summed E-state index contributed by atoms with van der Waals surface area (Å²) in [5, 5.41) is 6.70. The molecule has 1 heterocycles. The van der Waals surface area contributed by atoms with Gasteiger partial charge in [-0.05, 0) is 36.8 Å². The van der Waals surface area contributed by atoms with Crippen molar-refractivity contribution in [3.8, 4) is 11.5 Å². The van der Waals surface area contributed by atoms with E-state index in [0.717, 1.165) is 5.56 Å². The first kappa shape index (κ1) is 21.1. The second-order valence-corrected chi connectivity index (χ2v) is 6.63. The van der Waals surface area contributed by atoms with Crippen LogP contribution in [-0.4, -0.2) is 41.8 Å². The number of aryl methyl sites for hydroxylation is 1. The Kier molecular flexibility index (Phi) is 6.84. The van der Waals surface area contributed by atoms with E-state index in [1.807, 2.05) is 19.1 Å². The molecule has 2 amide bonds. The van der Waals surface area contributed by atoms with Crippen molar-refractivity contribution in [2.75, 3.05) is 26.0 Å². The number of ether oxygens (including phenoxy) is 2. The molecule has 0 unspecified atom stereocenters. The summed E-state index contributed by atoms with van der Waals surface area (Å²) in [6.07, 6.45) is 0.387. The summed E-state index contributed by atoms with van der Waals surface area (Å²) >= 11 is 0. The van der Waals surface area contributed by atoms with Crippen molar-refractivity contribution in [1.82, 2.24) is 15.0 Å². The van der Waals surface area contributed by atoms with Crippen molar-refractivity contribution in [2.45, 2.75) is 20.0 Å². The van der Waals surface area contributed by atoms with Crippen molar-refractivity contribution in [3.63, 3.8) is 0 Å². The van der Waals surface area contributed by atoms with Crippen LogP contribution in [0.2, 0.25) is 0 Å². The SMILES string of the molecule is COc1ccc(C)cc1NC(=O)N(C)CCc1noc(COc2ccccc2F)n1. The lowest BCUT2D eigenvalue weighted by Gasteiger charge is -2.18. The molecule has 3 aromatic rings. The van der Waals surface area contributed by atoms with E-state index in [4.69, 9.17) is 14.0 Å². The lowest BCUT2D eigenvalue weighted by molar-refractivity contribution is 0.222. The summed E-state index contributed by atoms with van der Waals surface area (Å²) in [7, 11) is 3.22. The summed E-state index contributed by atoms with van der Waals surface area (Å²) < 4.78 is 29.3. The maximum absolute atomic E-state index is 13.6. The lowest BCUT2D eigenvalue weighted by atomic mass is 10.2. The van der Waals surface area contributed by atoms with Crippen LogP contribution in [0.25, 0.3) is 0 Å². The molecule has 0 atom stereocenters. The zero-order valence-corrected chi connectivity index (χ0v) is 17.0. The van der Waals surface area contributed by atoms with Crippen molar-refractivity contribution in [1.29, 1.82) is 0 Å². The molecule has 0 aliphatic rings. The van der Waals surface area contributed by atoms with E-state index in [1.165, 1.54) is 17.0 Å². The highest BCUT2D eigenvalue weighted by Gasteiger charge is 2.14. The number of anilines is 1. The Morgan fingerprint density at radius 2 is 2.03 bits per heavy atom. The van der Waals surface area contributed by atoms with Crippen LogP contribution >= 0.6 is 0 Å². The highest BCUT2D eigenvalue weighted by molar-refractivity contribution is 5.91. The van der Waals surface area contributed by atoms with Crippen molar-refractivity contribution in [3.05, 3.63) is 65.6 Å². The van der Waals surface area contributed by atoms with E-state index in [0.29, 0.717) is 30.2 Å². The average molecular weight is 414 g/mol. The van der Waals surface area contributed by atoms with Crippen molar-refractivity contribution < 1.29 is 23.2 Å². The van der Waals surface area contributed by atoms with Crippen LogP contribution in [-0.2, 0) is 13.0 Å². The minimum absolute atomic E-state index is 0.0442. The maximum atomic E-state index is 13.6. The van der Waals surface area contributed by atoms with Gasteiger partial charge < -0.3 is 24.2 Å². The molecule has 1 aromatic heterocycles. The monoisotopic (exact) mass is 414 g/mol. The highest BCUT2D eigenvalue weighted by Crippen LogP contribution is 2.25. The Morgan fingerprint density at radius 1 is 1.23 bits per heavy atom. The van der Waals surface area contributed by atoms with Crippen LogP contribution in [0.15, 0.2) is 47.0 Å². The fraction of sp³-hybridized carbons (Fsp3) is 0.286. The molecule has 0 fully saturated rings. The molecule has 0 radical (unpaired) electrons. The van der Waals surface area contributed by atoms with E-state index in [9.17, 15) is 9.18 Å². The normalized spacial score (nSPS) is 10.5. The minimum Gasteiger partial charge on any atom is -0.495 e. The molecule has 1 N–H and O–H groups in total. The Labute approximate surface area is 173 Å². The highest BCUT2D eigenvalue weighted by atomic mass is 19.1. The zero-order valence-electron chi connectivity index (χ0n) is 17.0. The average Bonchev–Trinajstić information content (AvgIpc) is 3.19. The van der Waals surface area contributed by atoms with Gasteiger partial charge in [0.05, 0.1) is 12.8 Å². The number of halogens is 1. The fourth-order valence-electron chi connectivity index (χ4n) is 2.65. The van der Waals surface area contributed by atoms with Gasteiger partial charge in [0.15, 0.2) is 24.0 Å². The molecule has 0 aliphatic carbocycles. The predicted molar refractivity (Wildman–Crippen MR) is 108 cm³/mol. The number of carbonyl (C=O) groups excluding carboxylic acids is 1. The number of carbonyl (C=O) groups is 1. The smallest absolute Gasteiger partial charge is 0.321 e. The second-order valence-electron chi connectivity index (χ2n) is 6.63. The van der Waals surface area contributed by atoms with Crippen LogP contribution < -0.4 is 14.8 Å². The Morgan fingerprint density at radius 3 is 2.80 bits per heavy atom. The summed E-state index contributed by atoms with van der Waals surface area (Å²) in [5.41, 5.74) is 1.60. The van der Waals surface area contributed by atoms with Gasteiger partial charge in [0.25, 0.3) is 5.89 Å². The van der Waals surface area contributed by atoms with Crippen molar-refractivity contribution in [2.24, 2.45) is 0 Å². The van der Waals surface area contributed by atoms with Gasteiger partial charge in [-0.1, -0.05) is 23.4 Å². The molecule has 0 saturated carbocycles. The number of urea groups is 1. The number of nitrogens with zero attached hydrogens (tertiary/aromatic N) is 3. The Balaban J connectivity index is 1.50. The van der Waals surface area contributed by atoms with Gasteiger partial charge >= 0.3 is 6.03 Å². The van der Waals surface area contributed by atoms with Gasteiger partial charge in [-0.25, -0.2) is 9.18 Å². The van der Waals surface area contributed by atoms with E-state index in [1.54, 1.807) is 32.4 Å². The van der Waals surface area contributed by atoms with Crippen LogP contribution in [0.1, 0.15) is 17.3 Å². The van der Waals surface area contributed by atoms with Gasteiger partial charge in [-0.2, -0.15) is 4.98 Å². The third kappa shape index (κ3) is 5.47. The topological polar surface area (TPSA) is 89.7 Å². The molecule has 158 valence electrons. The molecule has 8 nitrogen and oxygen atoms in total. The molecule has 30 heavy (non-hydrogen) atoms. The number of para-hydroxylation sites is 1. The maximum Gasteiger partial charge on any atom is 0.321 e. The number of aromatic nitrogens is 2. The van der Waals surface area contributed by atoms with Crippen LogP contribution in [0.4, 0.5) is 14.9 Å². The fourth-order valence-corrected chi connectivity index (χ4v) is 2.65. The first-order valence-corrected chi connectivity index (χ1v) is 9.32. The van der Waals surface area contributed by atoms with E-state index >= 15 is 0 Å². The number of methoxy groups -OCH3 is 1. The van der Waals surface area contributed by atoms with Gasteiger partial charge in [0, 0.05) is 20.0 Å². The Hall–Kier alpha value is -3.62. The van der Waals surface area contributed by atoms with Gasteiger partial charge in [-0.3, -0.25) is 0 Å². The Bertz CT molecular complexity index is 1010. The molecule has 9 heteroatoms. The molecule has 0 saturated heterocycles. The molecular formula is C21H23FN4O4. The standard InChI is InChI=1S/C21H23FN4O4/c1-14-8-9-18(28-3)16(12-14)23-21(27)26(2)11-10-19-24-20(30-25-19)13-29-17-7-5-4-6-15(17)22/h4-9,12H,10-11,13H2,1-3H3,(H,23,27). The van der Waals surface area contributed by atoms with Crippen LogP contribution in [0.5, 0.6) is 11.5 Å². The molecule has 3 rings (SSSR count). The second kappa shape index (κ2) is 9.73. The van der Waals surface area contributed by atoms with Gasteiger partial charge in [0.1, 0.15) is 5.75 Å². The number of benzene rings is 2. The number of rotatable bonds is 8. The first-order chi connectivity index (χ1) is 14.5. The summed E-state index contributed by atoms with van der Waals surface area (Å²) in [6, 6.07) is 11.3. The lowest BCUT2D eigenvalue weighted by Crippen LogP contribution is -2.33. The summed E-state index contributed by atoms with van der Waals surface area (Å²) in [6.45, 7) is 2.26. The quantitative estimate of drug-likeness (QED) is 0.603. The first-order valence-electron chi connectivity index (χ1n) is 9.32. The van der Waals surface area contributed by atoms with Crippen LogP contribution in [0.3, 0.4) is 0 Å². The largest absolute Gasteiger partial charge is 0.495 e. The summed E-state index contributed by atoms with van der Waals surface area (Å²) in [5.74, 6) is 0.884. The van der Waals surface area contributed by atoms with E-state index in [-0.39, 0.29) is 24.3 Å². The van der Waals surface area contributed by atoms with Gasteiger partial charge in [0.2, 0.25) is 0 Å². The number of amides is 2.